The van der Waals surface area contributed by atoms with Gasteiger partial charge in [-0.1, -0.05) is 12.1 Å². The molecule has 1 aromatic heterocycles. The number of H-pyrrole nitrogens is 1. The van der Waals surface area contributed by atoms with Crippen LogP contribution in [0, 0.1) is 6.92 Å². The largest absolute Gasteiger partial charge is 0.454 e. The molecule has 0 amide bonds. The number of esters is 1. The lowest BCUT2D eigenvalue weighted by Crippen LogP contribution is -2.15. The van der Waals surface area contributed by atoms with Crippen LogP contribution in [-0.4, -0.2) is 35.6 Å². The van der Waals surface area contributed by atoms with Crippen LogP contribution in [0.4, 0.5) is 5.69 Å². The number of rotatable bonds is 5. The van der Waals surface area contributed by atoms with E-state index in [4.69, 9.17) is 4.74 Å². The van der Waals surface area contributed by atoms with Crippen molar-refractivity contribution in [1.29, 1.82) is 0 Å². The number of nitrogens with one attached hydrogen (secondary N) is 1. The molecular formula is C22H21N3O3. The maximum Gasteiger partial charge on any atom is 0.338 e. The summed E-state index contributed by atoms with van der Waals surface area (Å²) in [6.45, 7) is 4.50. The van der Waals surface area contributed by atoms with E-state index in [2.05, 4.69) is 10.1 Å². The molecule has 6 heteroatoms. The number of carbonyl (C=O) groups excluding carboxylic acids is 2. The van der Waals surface area contributed by atoms with Gasteiger partial charge in [-0.3, -0.25) is 9.80 Å². The smallest absolute Gasteiger partial charge is 0.338 e. The minimum Gasteiger partial charge on any atom is -0.454 e. The molecule has 1 aliphatic rings. The van der Waals surface area contributed by atoms with Crippen molar-refractivity contribution in [1.82, 2.24) is 4.98 Å². The van der Waals surface area contributed by atoms with Crippen molar-refractivity contribution in [2.45, 2.75) is 20.3 Å². The number of ketones is 1. The summed E-state index contributed by atoms with van der Waals surface area (Å²) in [4.78, 5) is 27.9. The van der Waals surface area contributed by atoms with E-state index < -0.39 is 5.97 Å². The van der Waals surface area contributed by atoms with Gasteiger partial charge in [-0.05, 0) is 49.7 Å². The molecule has 6 nitrogen and oxygen atoms in total. The summed E-state index contributed by atoms with van der Waals surface area (Å²) in [5, 5.41) is 7.22. The van der Waals surface area contributed by atoms with E-state index in [0.717, 1.165) is 40.8 Å². The summed E-state index contributed by atoms with van der Waals surface area (Å²) in [6.07, 6.45) is 2.61. The molecule has 0 saturated carbocycles. The predicted octanol–water partition coefficient (Wildman–Crippen LogP) is 4.10. The number of nitrogens with zero attached hydrogens (tertiary/aromatic N) is 2. The van der Waals surface area contributed by atoms with Crippen molar-refractivity contribution in [2.24, 2.45) is 5.10 Å². The lowest BCUT2D eigenvalue weighted by atomic mass is 10.1. The SMILES string of the molecule is CC1=NN(c2ccc(C(=O)OCC(=O)c3c[nH]c4cccc(C)c34)cc2)CC1. The van der Waals surface area contributed by atoms with E-state index in [0.29, 0.717) is 11.1 Å². The Bertz CT molecular complexity index is 1080. The third kappa shape index (κ3) is 3.41. The van der Waals surface area contributed by atoms with E-state index in [9.17, 15) is 9.59 Å². The fourth-order valence-corrected chi connectivity index (χ4v) is 3.41. The molecule has 2 aromatic carbocycles. The van der Waals surface area contributed by atoms with Gasteiger partial charge in [0.05, 0.1) is 11.3 Å². The molecule has 1 aliphatic heterocycles. The molecule has 1 N–H and O–H groups in total. The van der Waals surface area contributed by atoms with Crippen molar-refractivity contribution in [3.8, 4) is 0 Å². The first-order valence-electron chi connectivity index (χ1n) is 9.21. The van der Waals surface area contributed by atoms with E-state index in [1.807, 2.05) is 49.2 Å². The van der Waals surface area contributed by atoms with Crippen molar-refractivity contribution < 1.29 is 14.3 Å². The summed E-state index contributed by atoms with van der Waals surface area (Å²) in [7, 11) is 0. The number of carbonyl (C=O) groups is 2. The number of aryl methyl sites for hydroxylation is 1. The topological polar surface area (TPSA) is 74.8 Å². The van der Waals surface area contributed by atoms with Crippen molar-refractivity contribution >= 4 is 34.1 Å². The molecule has 0 unspecified atom stereocenters. The average molecular weight is 375 g/mol. The predicted molar refractivity (Wildman–Crippen MR) is 109 cm³/mol. The molecule has 0 aliphatic carbocycles. The standard InChI is InChI=1S/C22H21N3O3/c1-14-4-3-5-19-21(14)18(12-23-19)20(26)13-28-22(27)16-6-8-17(9-7-16)25-11-10-15(2)24-25/h3-9,12,23H,10-11,13H2,1-2H3. The minimum absolute atomic E-state index is 0.229. The minimum atomic E-state index is -0.516. The van der Waals surface area contributed by atoms with Gasteiger partial charge in [0.2, 0.25) is 5.78 Å². The number of hydrazone groups is 1. The molecule has 0 radical (unpaired) electrons. The number of Topliss-reactive ketones (excluding diaryl/α,β-unsaturated/α-hetero) is 1. The molecule has 142 valence electrons. The van der Waals surface area contributed by atoms with Gasteiger partial charge >= 0.3 is 5.97 Å². The van der Waals surface area contributed by atoms with Crippen LogP contribution in [-0.2, 0) is 4.74 Å². The highest BCUT2D eigenvalue weighted by Crippen LogP contribution is 2.23. The highest BCUT2D eigenvalue weighted by molar-refractivity contribution is 6.10. The maximum absolute atomic E-state index is 12.5. The van der Waals surface area contributed by atoms with Crippen LogP contribution >= 0.6 is 0 Å². The number of benzene rings is 2. The molecule has 28 heavy (non-hydrogen) atoms. The number of hydrogen-bond donors (Lipinski definition) is 1. The molecular weight excluding hydrogens is 354 g/mol. The Morgan fingerprint density at radius 1 is 1.14 bits per heavy atom. The molecule has 0 saturated heterocycles. The summed E-state index contributed by atoms with van der Waals surface area (Å²) < 4.78 is 5.24. The Morgan fingerprint density at radius 2 is 1.93 bits per heavy atom. The van der Waals surface area contributed by atoms with E-state index in [1.54, 1.807) is 18.3 Å². The number of fused-ring (bicyclic) bond motifs is 1. The summed E-state index contributed by atoms with van der Waals surface area (Å²) in [5.74, 6) is -0.745. The first kappa shape index (κ1) is 18.0. The zero-order valence-corrected chi connectivity index (χ0v) is 15.9. The van der Waals surface area contributed by atoms with Gasteiger partial charge in [0, 0.05) is 41.3 Å². The van der Waals surface area contributed by atoms with Gasteiger partial charge in [-0.2, -0.15) is 5.10 Å². The van der Waals surface area contributed by atoms with Gasteiger partial charge in [-0.25, -0.2) is 4.79 Å². The summed E-state index contributed by atoms with van der Waals surface area (Å²) in [5.41, 5.74) is 4.87. The van der Waals surface area contributed by atoms with Gasteiger partial charge in [0.15, 0.2) is 6.61 Å². The average Bonchev–Trinajstić information content (AvgIpc) is 3.33. The van der Waals surface area contributed by atoms with Gasteiger partial charge in [0.25, 0.3) is 0 Å². The molecule has 0 bridgehead atoms. The monoisotopic (exact) mass is 375 g/mol. The van der Waals surface area contributed by atoms with Crippen LogP contribution in [0.3, 0.4) is 0 Å². The Balaban J connectivity index is 1.42. The Labute approximate surface area is 162 Å². The van der Waals surface area contributed by atoms with Crippen molar-refractivity contribution in [3.63, 3.8) is 0 Å². The van der Waals surface area contributed by atoms with Crippen LogP contribution in [0.1, 0.15) is 39.6 Å². The second-order valence-electron chi connectivity index (χ2n) is 6.95. The van der Waals surface area contributed by atoms with E-state index >= 15 is 0 Å². The van der Waals surface area contributed by atoms with Crippen LogP contribution in [0.25, 0.3) is 10.9 Å². The van der Waals surface area contributed by atoms with E-state index in [1.165, 1.54) is 0 Å². The number of anilines is 1. The lowest BCUT2D eigenvalue weighted by molar-refractivity contribution is 0.0475. The van der Waals surface area contributed by atoms with Crippen LogP contribution in [0.2, 0.25) is 0 Å². The number of aromatic nitrogens is 1. The zero-order valence-electron chi connectivity index (χ0n) is 15.9. The fraction of sp³-hybridized carbons (Fsp3) is 0.227. The number of hydrogen-bond acceptors (Lipinski definition) is 5. The Kier molecular flexibility index (Phi) is 4.69. The first-order valence-corrected chi connectivity index (χ1v) is 9.21. The van der Waals surface area contributed by atoms with Crippen LogP contribution in [0.5, 0.6) is 0 Å². The Hall–Kier alpha value is -3.41. The van der Waals surface area contributed by atoms with Crippen LogP contribution < -0.4 is 5.01 Å². The van der Waals surface area contributed by atoms with Gasteiger partial charge in [-0.15, -0.1) is 0 Å². The molecule has 0 fully saturated rings. The highest BCUT2D eigenvalue weighted by atomic mass is 16.5. The van der Waals surface area contributed by atoms with Gasteiger partial charge in [0.1, 0.15) is 0 Å². The van der Waals surface area contributed by atoms with Crippen molar-refractivity contribution in [2.75, 3.05) is 18.2 Å². The first-order chi connectivity index (χ1) is 13.5. The molecule has 2 heterocycles. The fourth-order valence-electron chi connectivity index (χ4n) is 3.41. The second kappa shape index (κ2) is 7.31. The summed E-state index contributed by atoms with van der Waals surface area (Å²) >= 11 is 0. The lowest BCUT2D eigenvalue weighted by Gasteiger charge is -2.13. The van der Waals surface area contributed by atoms with Crippen molar-refractivity contribution in [3.05, 3.63) is 65.4 Å². The van der Waals surface area contributed by atoms with Crippen LogP contribution in [0.15, 0.2) is 53.8 Å². The molecule has 0 atom stereocenters. The molecule has 0 spiro atoms. The zero-order chi connectivity index (χ0) is 19.7. The molecule has 4 rings (SSSR count). The quantitative estimate of drug-likeness (QED) is 0.538. The van der Waals surface area contributed by atoms with Gasteiger partial charge < -0.3 is 9.72 Å². The van der Waals surface area contributed by atoms with E-state index in [-0.39, 0.29) is 12.4 Å². The normalized spacial score (nSPS) is 13.6. The second-order valence-corrected chi connectivity index (χ2v) is 6.95. The molecule has 3 aromatic rings. The number of aromatic amines is 1. The number of ether oxygens (including phenoxy) is 1. The Morgan fingerprint density at radius 3 is 2.64 bits per heavy atom. The summed E-state index contributed by atoms with van der Waals surface area (Å²) in [6, 6.07) is 12.9. The third-order valence-corrected chi connectivity index (χ3v) is 4.93. The maximum atomic E-state index is 12.5. The third-order valence-electron chi connectivity index (χ3n) is 4.93. The highest BCUT2D eigenvalue weighted by Gasteiger charge is 2.17.